The molecule has 0 bridgehead atoms. The maximum absolute atomic E-state index is 11.5. The van der Waals surface area contributed by atoms with Crippen molar-refractivity contribution in [3.8, 4) is 0 Å². The van der Waals surface area contributed by atoms with Gasteiger partial charge >= 0.3 is 5.97 Å². The van der Waals surface area contributed by atoms with Gasteiger partial charge in [0.15, 0.2) is 0 Å². The predicted molar refractivity (Wildman–Crippen MR) is 57.5 cm³/mol. The lowest BCUT2D eigenvalue weighted by Crippen LogP contribution is -2.30. The molecule has 5 nitrogen and oxygen atoms in total. The second-order valence-electron chi connectivity index (χ2n) is 3.58. The largest absolute Gasteiger partial charge is 0.481 e. The molecule has 1 atom stereocenters. The number of hydrogen-bond donors (Lipinski definition) is 2. The molecule has 1 rings (SSSR count). The molecule has 1 aromatic heterocycles. The van der Waals surface area contributed by atoms with E-state index in [2.05, 4.69) is 10.3 Å². The van der Waals surface area contributed by atoms with E-state index in [0.29, 0.717) is 6.54 Å². The lowest BCUT2D eigenvalue weighted by atomic mass is 10.1. The van der Waals surface area contributed by atoms with Crippen LogP contribution in [-0.2, 0) is 16.1 Å². The van der Waals surface area contributed by atoms with Crippen molar-refractivity contribution in [1.29, 1.82) is 0 Å². The average molecular weight is 222 g/mol. The molecule has 0 fully saturated rings. The molecule has 86 valence electrons. The highest BCUT2D eigenvalue weighted by Crippen LogP contribution is 2.02. The Bertz CT molecular complexity index is 365. The molecule has 16 heavy (non-hydrogen) atoms. The summed E-state index contributed by atoms with van der Waals surface area (Å²) in [6.45, 7) is 1.96. The molecular formula is C11H14N2O3. The first kappa shape index (κ1) is 12.2. The first-order chi connectivity index (χ1) is 7.59. The van der Waals surface area contributed by atoms with Gasteiger partial charge in [0.2, 0.25) is 5.91 Å². The number of nitrogens with zero attached hydrogens (tertiary/aromatic N) is 1. The van der Waals surface area contributed by atoms with Crippen molar-refractivity contribution in [2.24, 2.45) is 5.92 Å². The van der Waals surface area contributed by atoms with Crippen LogP contribution >= 0.6 is 0 Å². The minimum Gasteiger partial charge on any atom is -0.481 e. The van der Waals surface area contributed by atoms with Crippen molar-refractivity contribution < 1.29 is 14.7 Å². The van der Waals surface area contributed by atoms with Gasteiger partial charge in [-0.1, -0.05) is 13.0 Å². The Labute approximate surface area is 93.5 Å². The smallest absolute Gasteiger partial charge is 0.304 e. The second kappa shape index (κ2) is 5.85. The highest BCUT2D eigenvalue weighted by Gasteiger charge is 2.15. The van der Waals surface area contributed by atoms with Crippen LogP contribution in [0.15, 0.2) is 24.5 Å². The van der Waals surface area contributed by atoms with Crippen LogP contribution in [0.2, 0.25) is 0 Å². The van der Waals surface area contributed by atoms with Gasteiger partial charge in [0.25, 0.3) is 0 Å². The molecule has 1 aromatic rings. The Morgan fingerprint density at radius 1 is 1.56 bits per heavy atom. The van der Waals surface area contributed by atoms with E-state index in [1.165, 1.54) is 0 Å². The predicted octanol–water partition coefficient (Wildman–Crippen LogP) is 0.809. The van der Waals surface area contributed by atoms with E-state index in [9.17, 15) is 9.59 Å². The van der Waals surface area contributed by atoms with E-state index in [-0.39, 0.29) is 12.3 Å². The Kier molecular flexibility index (Phi) is 4.44. The van der Waals surface area contributed by atoms with Gasteiger partial charge in [-0.25, -0.2) is 0 Å². The van der Waals surface area contributed by atoms with Gasteiger partial charge in [-0.15, -0.1) is 0 Å². The number of rotatable bonds is 5. The Hall–Kier alpha value is -1.91. The third kappa shape index (κ3) is 4.08. The van der Waals surface area contributed by atoms with Gasteiger partial charge in [0.1, 0.15) is 0 Å². The molecule has 5 heteroatoms. The molecule has 0 aromatic carbocycles. The second-order valence-corrected chi connectivity index (χ2v) is 3.58. The summed E-state index contributed by atoms with van der Waals surface area (Å²) in [4.78, 5) is 25.8. The van der Waals surface area contributed by atoms with E-state index in [1.54, 1.807) is 25.4 Å². The first-order valence-electron chi connectivity index (χ1n) is 4.98. The van der Waals surface area contributed by atoms with Crippen LogP contribution < -0.4 is 5.32 Å². The fourth-order valence-electron chi connectivity index (χ4n) is 1.22. The zero-order chi connectivity index (χ0) is 12.0. The normalized spacial score (nSPS) is 11.8. The van der Waals surface area contributed by atoms with Crippen molar-refractivity contribution in [3.63, 3.8) is 0 Å². The molecule has 0 radical (unpaired) electrons. The third-order valence-corrected chi connectivity index (χ3v) is 2.12. The Morgan fingerprint density at radius 2 is 2.31 bits per heavy atom. The topological polar surface area (TPSA) is 79.3 Å². The molecule has 0 aliphatic rings. The van der Waals surface area contributed by atoms with E-state index in [4.69, 9.17) is 5.11 Å². The van der Waals surface area contributed by atoms with Gasteiger partial charge in [-0.3, -0.25) is 14.6 Å². The zero-order valence-corrected chi connectivity index (χ0v) is 9.01. The molecule has 2 N–H and O–H groups in total. The summed E-state index contributed by atoms with van der Waals surface area (Å²) in [5, 5.41) is 11.2. The zero-order valence-electron chi connectivity index (χ0n) is 9.01. The standard InChI is InChI=1S/C11H14N2O3/c1-8(5-10(14)15)11(16)13-7-9-3-2-4-12-6-9/h2-4,6,8H,5,7H2,1H3,(H,13,16)(H,14,15). The maximum Gasteiger partial charge on any atom is 0.304 e. The molecule has 0 saturated heterocycles. The number of carboxylic acids is 1. The van der Waals surface area contributed by atoms with Crippen molar-refractivity contribution in [1.82, 2.24) is 10.3 Å². The van der Waals surface area contributed by atoms with Crippen molar-refractivity contribution >= 4 is 11.9 Å². The van der Waals surface area contributed by atoms with Gasteiger partial charge < -0.3 is 10.4 Å². The van der Waals surface area contributed by atoms with Crippen LogP contribution in [0.25, 0.3) is 0 Å². The van der Waals surface area contributed by atoms with Crippen LogP contribution in [0.5, 0.6) is 0 Å². The summed E-state index contributed by atoms with van der Waals surface area (Å²) >= 11 is 0. The Balaban J connectivity index is 2.38. The molecule has 0 aliphatic carbocycles. The highest BCUT2D eigenvalue weighted by atomic mass is 16.4. The molecule has 0 spiro atoms. The highest BCUT2D eigenvalue weighted by molar-refractivity contribution is 5.82. The van der Waals surface area contributed by atoms with Crippen LogP contribution in [0.4, 0.5) is 0 Å². The quantitative estimate of drug-likeness (QED) is 0.772. The van der Waals surface area contributed by atoms with Gasteiger partial charge in [-0.05, 0) is 11.6 Å². The van der Waals surface area contributed by atoms with Gasteiger partial charge in [0.05, 0.1) is 6.42 Å². The molecule has 0 aliphatic heterocycles. The summed E-state index contributed by atoms with van der Waals surface area (Å²) in [5.41, 5.74) is 0.887. The average Bonchev–Trinajstić information content (AvgIpc) is 2.26. The molecule has 0 saturated carbocycles. The molecule has 1 heterocycles. The van der Waals surface area contributed by atoms with E-state index < -0.39 is 11.9 Å². The van der Waals surface area contributed by atoms with Gasteiger partial charge in [0, 0.05) is 24.9 Å². The summed E-state index contributed by atoms with van der Waals surface area (Å²) in [5.74, 6) is -1.75. The molecule has 1 amide bonds. The molecule has 1 unspecified atom stereocenters. The Morgan fingerprint density at radius 3 is 2.88 bits per heavy atom. The summed E-state index contributed by atoms with van der Waals surface area (Å²) < 4.78 is 0. The van der Waals surface area contributed by atoms with Crippen LogP contribution in [-0.4, -0.2) is 22.0 Å². The minimum atomic E-state index is -0.968. The van der Waals surface area contributed by atoms with Crippen LogP contribution in [0.1, 0.15) is 18.9 Å². The van der Waals surface area contributed by atoms with E-state index in [1.807, 2.05) is 6.07 Å². The fourth-order valence-corrected chi connectivity index (χ4v) is 1.22. The fraction of sp³-hybridized carbons (Fsp3) is 0.364. The van der Waals surface area contributed by atoms with E-state index >= 15 is 0 Å². The SMILES string of the molecule is CC(CC(=O)O)C(=O)NCc1cccnc1. The van der Waals surface area contributed by atoms with E-state index in [0.717, 1.165) is 5.56 Å². The third-order valence-electron chi connectivity index (χ3n) is 2.12. The number of aliphatic carboxylic acids is 1. The minimum absolute atomic E-state index is 0.154. The monoisotopic (exact) mass is 222 g/mol. The van der Waals surface area contributed by atoms with Crippen molar-refractivity contribution in [3.05, 3.63) is 30.1 Å². The lowest BCUT2D eigenvalue weighted by molar-refractivity contribution is -0.140. The number of carbonyl (C=O) groups is 2. The lowest BCUT2D eigenvalue weighted by Gasteiger charge is -2.09. The summed E-state index contributed by atoms with van der Waals surface area (Å²) in [6.07, 6.45) is 3.15. The van der Waals surface area contributed by atoms with Crippen molar-refractivity contribution in [2.45, 2.75) is 19.9 Å². The number of aromatic nitrogens is 1. The summed E-state index contributed by atoms with van der Waals surface area (Å²) in [6, 6.07) is 3.62. The number of hydrogen-bond acceptors (Lipinski definition) is 3. The van der Waals surface area contributed by atoms with Gasteiger partial charge in [-0.2, -0.15) is 0 Å². The number of nitrogens with one attached hydrogen (secondary N) is 1. The molecular weight excluding hydrogens is 208 g/mol. The number of amides is 1. The van der Waals surface area contributed by atoms with Crippen LogP contribution in [0, 0.1) is 5.92 Å². The maximum atomic E-state index is 11.5. The van der Waals surface area contributed by atoms with Crippen LogP contribution in [0.3, 0.4) is 0 Å². The van der Waals surface area contributed by atoms with Crippen molar-refractivity contribution in [2.75, 3.05) is 0 Å². The number of pyridine rings is 1. The summed E-state index contributed by atoms with van der Waals surface area (Å²) in [7, 11) is 0. The number of carboxylic acid groups (broad SMARTS) is 1. The first-order valence-corrected chi connectivity index (χ1v) is 4.98. The number of carbonyl (C=O) groups excluding carboxylic acids is 1.